The third-order valence-corrected chi connectivity index (χ3v) is 4.54. The van der Waals surface area contributed by atoms with Gasteiger partial charge in [0.25, 0.3) is 0 Å². The molecule has 3 rings (SSSR count). The van der Waals surface area contributed by atoms with Crippen LogP contribution in [0, 0.1) is 0 Å². The van der Waals surface area contributed by atoms with Crippen LogP contribution in [-0.4, -0.2) is 21.2 Å². The third-order valence-electron chi connectivity index (χ3n) is 4.54. The second kappa shape index (κ2) is 5.72. The van der Waals surface area contributed by atoms with E-state index in [1.807, 2.05) is 29.1 Å². The first-order chi connectivity index (χ1) is 10.5. The van der Waals surface area contributed by atoms with Gasteiger partial charge in [0.1, 0.15) is 0 Å². The molecule has 5 nitrogen and oxygen atoms in total. The van der Waals surface area contributed by atoms with Crippen molar-refractivity contribution in [3.8, 4) is 0 Å². The Balaban J connectivity index is 1.84. The molecule has 0 unspecified atom stereocenters. The van der Waals surface area contributed by atoms with Gasteiger partial charge in [-0.1, -0.05) is 19.3 Å². The van der Waals surface area contributed by atoms with Gasteiger partial charge in [0.15, 0.2) is 0 Å². The largest absolute Gasteiger partial charge is 0.324 e. The van der Waals surface area contributed by atoms with Crippen molar-refractivity contribution in [2.24, 2.45) is 5.73 Å². The fourth-order valence-electron chi connectivity index (χ4n) is 3.19. The number of aromatic nitrogens is 2. The molecular weight excluding hydrogens is 276 g/mol. The van der Waals surface area contributed by atoms with Gasteiger partial charge in [-0.05, 0) is 44.9 Å². The average molecular weight is 300 g/mol. The van der Waals surface area contributed by atoms with Gasteiger partial charge in [0.2, 0.25) is 5.91 Å². The summed E-state index contributed by atoms with van der Waals surface area (Å²) in [6, 6.07) is 6.16. The lowest BCUT2D eigenvalue weighted by Gasteiger charge is -2.31. The fourth-order valence-corrected chi connectivity index (χ4v) is 3.19. The summed E-state index contributed by atoms with van der Waals surface area (Å²) in [4.78, 5) is 12.5. The van der Waals surface area contributed by atoms with Gasteiger partial charge in [-0.25, -0.2) is 0 Å². The van der Waals surface area contributed by atoms with Crippen LogP contribution >= 0.6 is 0 Å². The zero-order valence-electron chi connectivity index (χ0n) is 13.3. The smallest absolute Gasteiger partial charge is 0.244 e. The van der Waals surface area contributed by atoms with Gasteiger partial charge in [-0.3, -0.25) is 9.48 Å². The molecule has 1 heterocycles. The van der Waals surface area contributed by atoms with E-state index in [0.29, 0.717) is 0 Å². The first-order valence-corrected chi connectivity index (χ1v) is 8.07. The molecule has 3 N–H and O–H groups in total. The number of anilines is 1. The van der Waals surface area contributed by atoms with Crippen molar-refractivity contribution >= 4 is 22.5 Å². The molecule has 5 heteroatoms. The third kappa shape index (κ3) is 2.73. The van der Waals surface area contributed by atoms with Gasteiger partial charge in [0.05, 0.1) is 17.3 Å². The molecule has 1 fully saturated rings. The maximum absolute atomic E-state index is 12.5. The van der Waals surface area contributed by atoms with Crippen LogP contribution in [0.25, 0.3) is 10.9 Å². The molecule has 1 aliphatic carbocycles. The number of carbonyl (C=O) groups excluding carboxylic acids is 1. The molecule has 1 amide bonds. The molecule has 1 saturated carbocycles. The Morgan fingerprint density at radius 2 is 2.05 bits per heavy atom. The summed E-state index contributed by atoms with van der Waals surface area (Å²) in [6.45, 7) is 4.18. The maximum atomic E-state index is 12.5. The molecule has 22 heavy (non-hydrogen) atoms. The molecule has 0 aliphatic heterocycles. The summed E-state index contributed by atoms with van der Waals surface area (Å²) >= 11 is 0. The van der Waals surface area contributed by atoms with Crippen molar-refractivity contribution in [1.29, 1.82) is 0 Å². The van der Waals surface area contributed by atoms with Gasteiger partial charge in [0, 0.05) is 17.1 Å². The molecule has 0 radical (unpaired) electrons. The van der Waals surface area contributed by atoms with Crippen molar-refractivity contribution in [2.45, 2.75) is 57.5 Å². The van der Waals surface area contributed by atoms with Crippen LogP contribution in [0.2, 0.25) is 0 Å². The lowest BCUT2D eigenvalue weighted by molar-refractivity contribution is -0.122. The van der Waals surface area contributed by atoms with Gasteiger partial charge in [-0.2, -0.15) is 5.10 Å². The Bertz CT molecular complexity index is 683. The van der Waals surface area contributed by atoms with Gasteiger partial charge >= 0.3 is 0 Å². The van der Waals surface area contributed by atoms with Crippen LogP contribution in [0.4, 0.5) is 5.69 Å². The van der Waals surface area contributed by atoms with Crippen LogP contribution in [0.5, 0.6) is 0 Å². The van der Waals surface area contributed by atoms with E-state index in [1.165, 1.54) is 6.42 Å². The second-order valence-electron chi connectivity index (χ2n) is 6.63. The SMILES string of the molecule is CC(C)n1ncc2ccc(NC(=O)C3(N)CCCCC3)cc21. The lowest BCUT2D eigenvalue weighted by Crippen LogP contribution is -2.52. The quantitative estimate of drug-likeness (QED) is 0.914. The number of nitrogens with zero attached hydrogens (tertiary/aromatic N) is 2. The van der Waals surface area contributed by atoms with Crippen LogP contribution in [-0.2, 0) is 4.79 Å². The highest BCUT2D eigenvalue weighted by atomic mass is 16.2. The van der Waals surface area contributed by atoms with Gasteiger partial charge in [-0.15, -0.1) is 0 Å². The number of hydrogen-bond donors (Lipinski definition) is 2. The molecule has 1 aromatic carbocycles. The predicted octanol–water partition coefficient (Wildman–Crippen LogP) is 3.22. The zero-order valence-corrected chi connectivity index (χ0v) is 13.3. The molecule has 0 atom stereocenters. The molecular formula is C17H24N4O. The minimum absolute atomic E-state index is 0.0674. The zero-order chi connectivity index (χ0) is 15.7. The van der Waals surface area contributed by atoms with E-state index < -0.39 is 5.54 Å². The number of carbonyl (C=O) groups is 1. The number of benzene rings is 1. The summed E-state index contributed by atoms with van der Waals surface area (Å²) in [7, 11) is 0. The van der Waals surface area contributed by atoms with E-state index >= 15 is 0 Å². The number of nitrogens with one attached hydrogen (secondary N) is 1. The van der Waals surface area contributed by atoms with Crippen molar-refractivity contribution in [3.05, 3.63) is 24.4 Å². The number of amides is 1. The number of nitrogens with two attached hydrogens (primary N) is 1. The van der Waals surface area contributed by atoms with E-state index in [-0.39, 0.29) is 11.9 Å². The van der Waals surface area contributed by atoms with E-state index in [2.05, 4.69) is 24.3 Å². The molecule has 1 aromatic heterocycles. The van der Waals surface area contributed by atoms with Crippen LogP contribution in [0.15, 0.2) is 24.4 Å². The topological polar surface area (TPSA) is 72.9 Å². The van der Waals surface area contributed by atoms with E-state index in [4.69, 9.17) is 5.73 Å². The Morgan fingerprint density at radius 1 is 1.32 bits per heavy atom. The number of hydrogen-bond acceptors (Lipinski definition) is 3. The van der Waals surface area contributed by atoms with E-state index in [9.17, 15) is 4.79 Å². The number of fused-ring (bicyclic) bond motifs is 1. The first-order valence-electron chi connectivity index (χ1n) is 8.07. The van der Waals surface area contributed by atoms with Crippen LogP contribution < -0.4 is 11.1 Å². The second-order valence-corrected chi connectivity index (χ2v) is 6.63. The summed E-state index contributed by atoms with van der Waals surface area (Å²) in [5, 5.41) is 8.47. The molecule has 1 aliphatic rings. The Labute approximate surface area is 130 Å². The van der Waals surface area contributed by atoms with Crippen molar-refractivity contribution in [1.82, 2.24) is 9.78 Å². The normalized spacial score (nSPS) is 17.8. The molecule has 0 saturated heterocycles. The van der Waals surface area contributed by atoms with Gasteiger partial charge < -0.3 is 11.1 Å². The highest BCUT2D eigenvalue weighted by Gasteiger charge is 2.35. The summed E-state index contributed by atoms with van der Waals surface area (Å²) in [5.74, 6) is -0.0674. The number of rotatable bonds is 3. The summed E-state index contributed by atoms with van der Waals surface area (Å²) < 4.78 is 1.96. The van der Waals surface area contributed by atoms with Crippen LogP contribution in [0.3, 0.4) is 0 Å². The monoisotopic (exact) mass is 300 g/mol. The fraction of sp³-hybridized carbons (Fsp3) is 0.529. The van der Waals surface area contributed by atoms with Crippen LogP contribution in [0.1, 0.15) is 52.0 Å². The Kier molecular flexibility index (Phi) is 3.91. The molecule has 118 valence electrons. The maximum Gasteiger partial charge on any atom is 0.244 e. The average Bonchev–Trinajstić information content (AvgIpc) is 2.91. The molecule has 0 spiro atoms. The molecule has 2 aromatic rings. The minimum Gasteiger partial charge on any atom is -0.324 e. The lowest BCUT2D eigenvalue weighted by atomic mass is 9.82. The summed E-state index contributed by atoms with van der Waals surface area (Å²) in [5.41, 5.74) is 7.39. The Hall–Kier alpha value is -1.88. The summed E-state index contributed by atoms with van der Waals surface area (Å²) in [6.07, 6.45) is 6.63. The van der Waals surface area contributed by atoms with Crippen molar-refractivity contribution < 1.29 is 4.79 Å². The predicted molar refractivity (Wildman–Crippen MR) is 88.8 cm³/mol. The highest BCUT2D eigenvalue weighted by Crippen LogP contribution is 2.28. The highest BCUT2D eigenvalue weighted by molar-refractivity contribution is 5.99. The van der Waals surface area contributed by atoms with Crippen molar-refractivity contribution in [2.75, 3.05) is 5.32 Å². The standard InChI is InChI=1S/C17H24N4O/c1-12(2)21-15-10-14(7-6-13(15)11-19-21)20-16(22)17(18)8-4-3-5-9-17/h6-7,10-12H,3-5,8-9,18H2,1-2H3,(H,20,22). The first kappa shape index (κ1) is 15.0. The molecule has 0 bridgehead atoms. The Morgan fingerprint density at radius 3 is 2.73 bits per heavy atom. The van der Waals surface area contributed by atoms with E-state index in [1.54, 1.807) is 0 Å². The van der Waals surface area contributed by atoms with E-state index in [0.717, 1.165) is 42.3 Å². The minimum atomic E-state index is -0.717. The van der Waals surface area contributed by atoms with Crippen molar-refractivity contribution in [3.63, 3.8) is 0 Å².